The molecule has 0 radical (unpaired) electrons. The number of rotatable bonds is 13. The lowest BCUT2D eigenvalue weighted by Gasteiger charge is -2.49. The normalized spacial score (nSPS) is 27.4. The zero-order chi connectivity index (χ0) is 31.4. The van der Waals surface area contributed by atoms with Crippen molar-refractivity contribution in [3.63, 3.8) is 0 Å². The number of nitrogens with zero attached hydrogens (tertiary/aromatic N) is 2. The van der Waals surface area contributed by atoms with Gasteiger partial charge in [0.2, 0.25) is 0 Å². The molecule has 2 unspecified atom stereocenters. The number of anilines is 2. The van der Waals surface area contributed by atoms with E-state index in [1.165, 1.54) is 62.8 Å². The number of fused-ring (bicyclic) bond motifs is 4. The minimum Gasteiger partial charge on any atom is -0.378 e. The van der Waals surface area contributed by atoms with Crippen molar-refractivity contribution >= 4 is 38.4 Å². The fraction of sp³-hybridized carbons (Fsp3) is 0.639. The van der Waals surface area contributed by atoms with E-state index in [-0.39, 0.29) is 11.8 Å². The average Bonchev–Trinajstić information content (AvgIpc) is 3.12. The molecule has 0 aromatic heterocycles. The zero-order valence-corrected chi connectivity index (χ0v) is 29.2. The Bertz CT molecular complexity index is 1390. The van der Waals surface area contributed by atoms with E-state index in [0.29, 0.717) is 4.90 Å². The van der Waals surface area contributed by atoms with Crippen molar-refractivity contribution in [1.29, 1.82) is 0 Å². The Kier molecular flexibility index (Phi) is 10.8. The van der Waals surface area contributed by atoms with E-state index in [1.807, 2.05) is 31.1 Å². The molecule has 4 heterocycles. The summed E-state index contributed by atoms with van der Waals surface area (Å²) >= 11 is 5.81. The summed E-state index contributed by atoms with van der Waals surface area (Å²) in [5.74, 6) is 1.13. The van der Waals surface area contributed by atoms with Gasteiger partial charge in [-0.05, 0) is 105 Å². The number of sulfone groups is 1. The predicted octanol–water partition coefficient (Wildman–Crippen LogP) is 7.49. The highest BCUT2D eigenvalue weighted by atomic mass is 32.2. The molecule has 6 nitrogen and oxygen atoms in total. The molecule has 8 heteroatoms. The lowest BCUT2D eigenvalue weighted by Crippen LogP contribution is -2.58. The van der Waals surface area contributed by atoms with Crippen LogP contribution >= 0.6 is 12.2 Å². The van der Waals surface area contributed by atoms with Gasteiger partial charge in [0.05, 0.1) is 47.9 Å². The molecule has 4 aliphatic heterocycles. The van der Waals surface area contributed by atoms with Crippen LogP contribution in [0.15, 0.2) is 47.4 Å². The van der Waals surface area contributed by atoms with Gasteiger partial charge in [-0.15, -0.1) is 0 Å². The Labute approximate surface area is 272 Å². The second-order valence-corrected chi connectivity index (χ2v) is 16.6. The molecule has 0 amide bonds. The average molecular weight is 640 g/mol. The van der Waals surface area contributed by atoms with Gasteiger partial charge in [0, 0.05) is 31.0 Å². The van der Waals surface area contributed by atoms with Gasteiger partial charge in [-0.3, -0.25) is 5.32 Å². The second kappa shape index (κ2) is 14.2. The third-order valence-electron chi connectivity index (χ3n) is 10.8. The van der Waals surface area contributed by atoms with Gasteiger partial charge in [-0.2, -0.15) is 0 Å². The van der Waals surface area contributed by atoms with Crippen molar-refractivity contribution in [3.05, 3.63) is 53.6 Å². The van der Waals surface area contributed by atoms with Gasteiger partial charge in [0.25, 0.3) is 0 Å². The van der Waals surface area contributed by atoms with Crippen LogP contribution in [-0.4, -0.2) is 69.5 Å². The van der Waals surface area contributed by atoms with Crippen molar-refractivity contribution in [1.82, 2.24) is 5.32 Å². The molecule has 2 atom stereocenters. The summed E-state index contributed by atoms with van der Waals surface area (Å²) in [6.45, 7) is 9.84. The summed E-state index contributed by atoms with van der Waals surface area (Å²) in [4.78, 5) is 3.36. The number of nitrogens with one attached hydrogen (secondary N) is 2. The first-order valence-corrected chi connectivity index (χ1v) is 19.2. The van der Waals surface area contributed by atoms with Crippen LogP contribution < -0.4 is 15.5 Å². The molecule has 2 aromatic carbocycles. The highest BCUT2D eigenvalue weighted by Crippen LogP contribution is 2.40. The first-order valence-electron chi connectivity index (χ1n) is 17.1. The smallest absolute Gasteiger partial charge is 0.180 e. The maximum absolute atomic E-state index is 13.9. The van der Waals surface area contributed by atoms with Gasteiger partial charge < -0.3 is 14.7 Å². The number of piperidine rings is 3. The van der Waals surface area contributed by atoms with Crippen molar-refractivity contribution in [3.8, 4) is 0 Å². The van der Waals surface area contributed by atoms with Crippen molar-refractivity contribution in [2.75, 3.05) is 56.2 Å². The lowest BCUT2D eigenvalue weighted by atomic mass is 9.85. The zero-order valence-electron chi connectivity index (χ0n) is 27.5. The number of benzene rings is 2. The molecule has 2 aromatic rings. The molecule has 3 fully saturated rings. The standard InChI is InChI=1S/C36H54N4O2S2/c1-5-7-20-36(6-2)27-44(41,42)33-16-15-31(39(3)4)26-32(33)35(38-36)29-12-11-13-30(25-29)37-34(43)14-9-8-10-21-40-22-17-28(18-23-40)19-24-40/h11-13,15-16,25-26,28,35,38H,5-10,14,17-24,27H2,1-4H3/p+1. The van der Waals surface area contributed by atoms with E-state index >= 15 is 0 Å². The van der Waals surface area contributed by atoms with Crippen LogP contribution in [0.25, 0.3) is 0 Å². The quantitative estimate of drug-likeness (QED) is 0.135. The van der Waals surface area contributed by atoms with Gasteiger partial charge in [0.15, 0.2) is 9.84 Å². The van der Waals surface area contributed by atoms with E-state index in [0.717, 1.165) is 71.9 Å². The predicted molar refractivity (Wildman–Crippen MR) is 189 cm³/mol. The summed E-state index contributed by atoms with van der Waals surface area (Å²) in [6.07, 6.45) is 12.5. The molecule has 6 rings (SSSR count). The summed E-state index contributed by atoms with van der Waals surface area (Å²) in [6, 6.07) is 14.0. The van der Waals surface area contributed by atoms with Gasteiger partial charge in [-0.25, -0.2) is 8.42 Å². The maximum atomic E-state index is 13.9. The molecular formula is C36H55N4O2S2+. The Morgan fingerprint density at radius 3 is 2.45 bits per heavy atom. The molecule has 2 bridgehead atoms. The fourth-order valence-corrected chi connectivity index (χ4v) is 10.3. The van der Waals surface area contributed by atoms with Crippen LogP contribution in [0, 0.1) is 5.92 Å². The second-order valence-electron chi connectivity index (χ2n) is 14.1. The van der Waals surface area contributed by atoms with E-state index in [4.69, 9.17) is 12.2 Å². The minimum atomic E-state index is -3.49. The van der Waals surface area contributed by atoms with E-state index in [1.54, 1.807) is 0 Å². The highest BCUT2D eigenvalue weighted by molar-refractivity contribution is 7.91. The number of hydrogen-bond donors (Lipinski definition) is 2. The summed E-state index contributed by atoms with van der Waals surface area (Å²) in [7, 11) is 0.509. The van der Waals surface area contributed by atoms with Crippen LogP contribution in [0.2, 0.25) is 0 Å². The Morgan fingerprint density at radius 1 is 1.02 bits per heavy atom. The molecule has 3 saturated heterocycles. The van der Waals surface area contributed by atoms with Crippen LogP contribution in [0.1, 0.15) is 102 Å². The minimum absolute atomic E-state index is 0.115. The summed E-state index contributed by atoms with van der Waals surface area (Å²) < 4.78 is 29.2. The van der Waals surface area contributed by atoms with Crippen LogP contribution in [-0.2, 0) is 9.84 Å². The number of thiocarbonyl (C=S) groups is 1. The first-order chi connectivity index (χ1) is 21.1. The van der Waals surface area contributed by atoms with E-state index < -0.39 is 15.4 Å². The lowest BCUT2D eigenvalue weighted by molar-refractivity contribution is -0.942. The van der Waals surface area contributed by atoms with Crippen LogP contribution in [0.5, 0.6) is 0 Å². The number of quaternary nitrogens is 1. The Hall–Kier alpha value is -2.00. The largest absolute Gasteiger partial charge is 0.378 e. The molecule has 44 heavy (non-hydrogen) atoms. The Balaban J connectivity index is 1.30. The van der Waals surface area contributed by atoms with E-state index in [2.05, 4.69) is 54.8 Å². The molecular weight excluding hydrogens is 585 g/mol. The topological polar surface area (TPSA) is 61.4 Å². The van der Waals surface area contributed by atoms with E-state index in [9.17, 15) is 8.42 Å². The maximum Gasteiger partial charge on any atom is 0.180 e. The Morgan fingerprint density at radius 2 is 1.77 bits per heavy atom. The van der Waals surface area contributed by atoms with Crippen molar-refractivity contribution < 1.29 is 12.9 Å². The van der Waals surface area contributed by atoms with Crippen LogP contribution in [0.3, 0.4) is 0 Å². The molecule has 2 N–H and O–H groups in total. The van der Waals surface area contributed by atoms with Crippen molar-refractivity contribution in [2.24, 2.45) is 5.92 Å². The first kappa shape index (κ1) is 33.4. The SMILES string of the molecule is CCCCC1(CC)CS(=O)(=O)c2ccc(N(C)C)cc2C(c2cccc(NC(=S)CCCCC[N+]34CCC(CC3)CC4)c2)N1. The van der Waals surface area contributed by atoms with Gasteiger partial charge in [-0.1, -0.05) is 51.0 Å². The van der Waals surface area contributed by atoms with Gasteiger partial charge >= 0.3 is 0 Å². The van der Waals surface area contributed by atoms with Crippen LogP contribution in [0.4, 0.5) is 11.4 Å². The molecule has 0 aliphatic carbocycles. The monoisotopic (exact) mass is 639 g/mol. The number of unbranched alkanes of at least 4 members (excludes halogenated alkanes) is 3. The third kappa shape index (κ3) is 7.68. The van der Waals surface area contributed by atoms with Crippen molar-refractivity contribution in [2.45, 2.75) is 101 Å². The van der Waals surface area contributed by atoms with Gasteiger partial charge in [0.1, 0.15) is 0 Å². The molecule has 242 valence electrons. The summed E-state index contributed by atoms with van der Waals surface area (Å²) in [5.41, 5.74) is 3.35. The fourth-order valence-electron chi connectivity index (χ4n) is 7.90. The molecule has 0 spiro atoms. The number of hydrogen-bond acceptors (Lipinski definition) is 5. The molecule has 0 saturated carbocycles. The summed E-state index contributed by atoms with van der Waals surface area (Å²) in [5, 5.41) is 7.43. The molecule has 4 aliphatic rings. The highest BCUT2D eigenvalue weighted by Gasteiger charge is 2.42. The third-order valence-corrected chi connectivity index (χ3v) is 13.1.